The van der Waals surface area contributed by atoms with E-state index in [9.17, 15) is 0 Å². The molecule has 2 nitrogen and oxygen atoms in total. The van der Waals surface area contributed by atoms with Crippen LogP contribution < -0.4 is 5.01 Å². The second-order valence-corrected chi connectivity index (χ2v) is 3.88. The Morgan fingerprint density at radius 2 is 1.86 bits per heavy atom. The fraction of sp³-hybridized carbons (Fsp3) is 0.500. The Hall–Kier alpha value is -1.02. The first-order chi connectivity index (χ1) is 6.81. The molecule has 14 heavy (non-hydrogen) atoms. The minimum Gasteiger partial charge on any atom is -0.306 e. The third-order valence-corrected chi connectivity index (χ3v) is 2.91. The smallest absolute Gasteiger partial charge is 0.0522 e. The lowest BCUT2D eigenvalue weighted by molar-refractivity contribution is 0.383. The van der Waals surface area contributed by atoms with Gasteiger partial charge in [-0.05, 0) is 30.5 Å². The number of rotatable bonds is 2. The molecule has 0 bridgehead atoms. The third kappa shape index (κ3) is 1.75. The number of aryl methyl sites for hydroxylation is 1. The number of anilines is 1. The van der Waals surface area contributed by atoms with E-state index in [2.05, 4.69) is 48.3 Å². The van der Waals surface area contributed by atoms with Gasteiger partial charge in [-0.2, -0.15) is 0 Å². The molecule has 0 saturated carbocycles. The molecule has 0 aliphatic carbocycles. The first-order valence-corrected chi connectivity index (χ1v) is 5.39. The molecule has 0 unspecified atom stereocenters. The molecule has 0 amide bonds. The van der Waals surface area contributed by atoms with Gasteiger partial charge in [-0.15, -0.1) is 0 Å². The number of hydrogen-bond acceptors (Lipinski definition) is 2. The second kappa shape index (κ2) is 4.01. The monoisotopic (exact) mass is 190 g/mol. The minimum absolute atomic E-state index is 1.12. The lowest BCUT2D eigenvalue weighted by Crippen LogP contribution is -2.32. The van der Waals surface area contributed by atoms with E-state index in [1.54, 1.807) is 0 Å². The predicted molar refractivity (Wildman–Crippen MR) is 60.4 cm³/mol. The van der Waals surface area contributed by atoms with Crippen LogP contribution in [0.25, 0.3) is 0 Å². The van der Waals surface area contributed by atoms with Gasteiger partial charge in [0.2, 0.25) is 0 Å². The lowest BCUT2D eigenvalue weighted by Gasteiger charge is -2.26. The summed E-state index contributed by atoms with van der Waals surface area (Å²) in [6.45, 7) is 4.52. The zero-order valence-electron chi connectivity index (χ0n) is 9.03. The Bertz CT molecular complexity index is 292. The van der Waals surface area contributed by atoms with Crippen molar-refractivity contribution in [3.05, 3.63) is 29.8 Å². The van der Waals surface area contributed by atoms with Crippen molar-refractivity contribution in [3.63, 3.8) is 0 Å². The molecule has 1 aliphatic rings. The molecule has 1 heterocycles. The number of hydrogen-bond donors (Lipinski definition) is 0. The van der Waals surface area contributed by atoms with Crippen molar-refractivity contribution in [1.82, 2.24) is 5.01 Å². The summed E-state index contributed by atoms with van der Waals surface area (Å²) in [6.07, 6.45) is 2.39. The second-order valence-electron chi connectivity index (χ2n) is 3.88. The van der Waals surface area contributed by atoms with Gasteiger partial charge in [0.25, 0.3) is 0 Å². The first-order valence-electron chi connectivity index (χ1n) is 5.39. The molecule has 1 aliphatic heterocycles. The maximum atomic E-state index is 2.35. The summed E-state index contributed by atoms with van der Waals surface area (Å²) in [6, 6.07) is 8.89. The highest BCUT2D eigenvalue weighted by molar-refractivity contribution is 5.47. The normalized spacial score (nSPS) is 17.7. The molecule has 0 spiro atoms. The summed E-state index contributed by atoms with van der Waals surface area (Å²) < 4.78 is 0. The van der Waals surface area contributed by atoms with Crippen LogP contribution in [0.4, 0.5) is 5.69 Å². The number of nitrogens with zero attached hydrogens (tertiary/aromatic N) is 2. The van der Waals surface area contributed by atoms with Crippen LogP contribution in [0.5, 0.6) is 0 Å². The first kappa shape index (κ1) is 9.53. The number of benzene rings is 1. The van der Waals surface area contributed by atoms with Crippen molar-refractivity contribution >= 4 is 5.69 Å². The van der Waals surface area contributed by atoms with E-state index in [0.717, 1.165) is 13.0 Å². The van der Waals surface area contributed by atoms with Crippen molar-refractivity contribution in [2.45, 2.75) is 19.8 Å². The van der Waals surface area contributed by atoms with Gasteiger partial charge in [0.15, 0.2) is 0 Å². The van der Waals surface area contributed by atoms with Gasteiger partial charge in [-0.1, -0.05) is 19.1 Å². The SMILES string of the molecule is CCc1ccc(N2CCCN2C)cc1. The van der Waals surface area contributed by atoms with Crippen LogP contribution in [0.15, 0.2) is 24.3 Å². The highest BCUT2D eigenvalue weighted by atomic mass is 15.6. The Kier molecular flexibility index (Phi) is 2.73. The van der Waals surface area contributed by atoms with Crippen molar-refractivity contribution in [2.75, 3.05) is 25.1 Å². The molecule has 76 valence electrons. The van der Waals surface area contributed by atoms with Crippen molar-refractivity contribution in [3.8, 4) is 0 Å². The molecule has 2 rings (SSSR count). The largest absolute Gasteiger partial charge is 0.306 e. The maximum absolute atomic E-state index is 2.35. The predicted octanol–water partition coefficient (Wildman–Crippen LogP) is 2.31. The quantitative estimate of drug-likeness (QED) is 0.706. The standard InChI is InChI=1S/C12H18N2/c1-3-11-5-7-12(8-6-11)14-10-4-9-13(14)2/h5-8H,3-4,9-10H2,1-2H3. The maximum Gasteiger partial charge on any atom is 0.0522 e. The van der Waals surface area contributed by atoms with Gasteiger partial charge in [-0.25, -0.2) is 5.01 Å². The highest BCUT2D eigenvalue weighted by Gasteiger charge is 2.17. The van der Waals surface area contributed by atoms with Crippen LogP contribution in [0, 0.1) is 0 Å². The zero-order chi connectivity index (χ0) is 9.97. The highest BCUT2D eigenvalue weighted by Crippen LogP contribution is 2.20. The molecular weight excluding hydrogens is 172 g/mol. The van der Waals surface area contributed by atoms with Crippen LogP contribution in [0.3, 0.4) is 0 Å². The van der Waals surface area contributed by atoms with E-state index < -0.39 is 0 Å². The summed E-state index contributed by atoms with van der Waals surface area (Å²) in [5.74, 6) is 0. The van der Waals surface area contributed by atoms with Crippen molar-refractivity contribution < 1.29 is 0 Å². The van der Waals surface area contributed by atoms with Crippen LogP contribution in [-0.4, -0.2) is 25.1 Å². The van der Waals surface area contributed by atoms with Gasteiger partial charge < -0.3 is 5.01 Å². The Labute approximate surface area is 86.1 Å². The topological polar surface area (TPSA) is 6.48 Å². The van der Waals surface area contributed by atoms with Gasteiger partial charge in [-0.3, -0.25) is 0 Å². The average molecular weight is 190 g/mol. The van der Waals surface area contributed by atoms with E-state index in [-0.39, 0.29) is 0 Å². The van der Waals surface area contributed by atoms with Crippen molar-refractivity contribution in [2.24, 2.45) is 0 Å². The summed E-state index contributed by atoms with van der Waals surface area (Å²) in [7, 11) is 2.15. The molecule has 0 radical (unpaired) electrons. The summed E-state index contributed by atoms with van der Waals surface area (Å²) >= 11 is 0. The third-order valence-electron chi connectivity index (χ3n) is 2.91. The molecule has 1 aromatic rings. The molecular formula is C12H18N2. The number of hydrazine groups is 1. The Balaban J connectivity index is 2.16. The Morgan fingerprint density at radius 3 is 2.36 bits per heavy atom. The molecule has 1 fully saturated rings. The van der Waals surface area contributed by atoms with Gasteiger partial charge in [0, 0.05) is 20.1 Å². The molecule has 1 saturated heterocycles. The molecule has 0 atom stereocenters. The molecule has 2 heteroatoms. The molecule has 0 aromatic heterocycles. The van der Waals surface area contributed by atoms with E-state index in [1.165, 1.54) is 24.2 Å². The van der Waals surface area contributed by atoms with E-state index in [4.69, 9.17) is 0 Å². The molecule has 1 aromatic carbocycles. The van der Waals surface area contributed by atoms with Crippen LogP contribution in [-0.2, 0) is 6.42 Å². The zero-order valence-corrected chi connectivity index (χ0v) is 9.03. The van der Waals surface area contributed by atoms with E-state index in [0.29, 0.717) is 0 Å². The fourth-order valence-electron chi connectivity index (χ4n) is 1.97. The van der Waals surface area contributed by atoms with Crippen LogP contribution in [0.2, 0.25) is 0 Å². The van der Waals surface area contributed by atoms with Gasteiger partial charge >= 0.3 is 0 Å². The van der Waals surface area contributed by atoms with Crippen LogP contribution in [0.1, 0.15) is 18.9 Å². The van der Waals surface area contributed by atoms with Gasteiger partial charge in [0.1, 0.15) is 0 Å². The minimum atomic E-state index is 1.12. The van der Waals surface area contributed by atoms with Crippen LogP contribution >= 0.6 is 0 Å². The Morgan fingerprint density at radius 1 is 1.14 bits per heavy atom. The summed E-state index contributed by atoms with van der Waals surface area (Å²) in [5, 5.41) is 4.64. The van der Waals surface area contributed by atoms with Gasteiger partial charge in [0.05, 0.1) is 5.69 Å². The van der Waals surface area contributed by atoms with Crippen molar-refractivity contribution in [1.29, 1.82) is 0 Å². The molecule has 0 N–H and O–H groups in total. The summed E-state index contributed by atoms with van der Waals surface area (Å²) in [4.78, 5) is 0. The summed E-state index contributed by atoms with van der Waals surface area (Å²) in [5.41, 5.74) is 2.73. The van der Waals surface area contributed by atoms with E-state index in [1.807, 2.05) is 0 Å². The fourth-order valence-corrected chi connectivity index (χ4v) is 1.97. The average Bonchev–Trinajstić information content (AvgIpc) is 2.65. The lowest BCUT2D eigenvalue weighted by atomic mass is 10.1. The van der Waals surface area contributed by atoms with E-state index >= 15 is 0 Å².